The molecule has 36 heavy (non-hydrogen) atoms. The molecule has 3 atom stereocenters. The number of aromatic nitrogens is 7. The van der Waals surface area contributed by atoms with Gasteiger partial charge >= 0.3 is 0 Å². The normalized spacial score (nSPS) is 22.0. The first-order valence-electron chi connectivity index (χ1n) is 12.6. The lowest BCUT2D eigenvalue weighted by Gasteiger charge is -2.40. The van der Waals surface area contributed by atoms with Crippen molar-refractivity contribution < 1.29 is 13.6 Å². The highest BCUT2D eigenvalue weighted by Crippen LogP contribution is 2.43. The van der Waals surface area contributed by atoms with Crippen molar-refractivity contribution in [1.82, 2.24) is 34.3 Å². The molecule has 10 nitrogen and oxygen atoms in total. The van der Waals surface area contributed by atoms with Gasteiger partial charge in [-0.05, 0) is 36.3 Å². The molecule has 1 aliphatic rings. The van der Waals surface area contributed by atoms with E-state index in [2.05, 4.69) is 92.8 Å². The molecule has 3 aromatic rings. The van der Waals surface area contributed by atoms with E-state index in [9.17, 15) is 0 Å². The quantitative estimate of drug-likeness (QED) is 0.388. The van der Waals surface area contributed by atoms with Crippen LogP contribution in [-0.4, -0.2) is 69.7 Å². The van der Waals surface area contributed by atoms with Crippen LogP contribution in [0, 0.1) is 0 Å². The van der Waals surface area contributed by atoms with Crippen molar-refractivity contribution in [3.8, 4) is 5.82 Å². The number of hydrogen-bond donors (Lipinski definition) is 0. The molecule has 0 aliphatic carbocycles. The molecule has 198 valence electrons. The van der Waals surface area contributed by atoms with Crippen LogP contribution in [0.3, 0.4) is 0 Å². The second kappa shape index (κ2) is 9.39. The summed E-state index contributed by atoms with van der Waals surface area (Å²) in [6, 6.07) is 0. The number of nitrogens with zero attached hydrogens (tertiary/aromatic N) is 7. The van der Waals surface area contributed by atoms with Gasteiger partial charge < -0.3 is 13.6 Å². The van der Waals surface area contributed by atoms with E-state index in [-0.39, 0.29) is 28.5 Å². The van der Waals surface area contributed by atoms with E-state index in [1.165, 1.54) is 12.7 Å². The van der Waals surface area contributed by atoms with Gasteiger partial charge in [-0.1, -0.05) is 41.5 Å². The Hall–Kier alpha value is -2.00. The lowest BCUT2D eigenvalue weighted by atomic mass is 10.2. The average Bonchev–Trinajstić information content (AvgIpc) is 3.50. The monoisotopic (exact) mass is 531 g/mol. The van der Waals surface area contributed by atoms with Crippen LogP contribution in [0.15, 0.2) is 25.3 Å². The predicted molar refractivity (Wildman–Crippen MR) is 144 cm³/mol. The molecule has 0 radical (unpaired) electrons. The minimum atomic E-state index is -2.03. The zero-order chi connectivity index (χ0) is 26.5. The van der Waals surface area contributed by atoms with Crippen molar-refractivity contribution in [2.75, 3.05) is 6.61 Å². The van der Waals surface area contributed by atoms with Gasteiger partial charge in [-0.3, -0.25) is 4.57 Å². The average molecular weight is 532 g/mol. The smallest absolute Gasteiger partial charge is 0.192 e. The molecule has 1 saturated heterocycles. The molecular formula is C24H41N7O3Si2. The molecule has 0 unspecified atom stereocenters. The van der Waals surface area contributed by atoms with Crippen molar-refractivity contribution in [3.05, 3.63) is 25.3 Å². The molecule has 3 aromatic heterocycles. The zero-order valence-corrected chi connectivity index (χ0v) is 25.3. The topological polar surface area (TPSA) is 102 Å². The first kappa shape index (κ1) is 27.0. The third kappa shape index (κ3) is 5.19. The van der Waals surface area contributed by atoms with Crippen molar-refractivity contribution in [1.29, 1.82) is 0 Å². The highest BCUT2D eigenvalue weighted by molar-refractivity contribution is 6.74. The van der Waals surface area contributed by atoms with Gasteiger partial charge in [0.1, 0.15) is 31.3 Å². The van der Waals surface area contributed by atoms with E-state index >= 15 is 0 Å². The summed E-state index contributed by atoms with van der Waals surface area (Å²) >= 11 is 0. The van der Waals surface area contributed by atoms with E-state index in [0.29, 0.717) is 30.0 Å². The molecule has 4 rings (SSSR count). The van der Waals surface area contributed by atoms with Crippen LogP contribution in [0.4, 0.5) is 0 Å². The minimum Gasteiger partial charge on any atom is -0.414 e. The van der Waals surface area contributed by atoms with E-state index in [0.717, 1.165) is 0 Å². The Morgan fingerprint density at radius 1 is 0.944 bits per heavy atom. The summed E-state index contributed by atoms with van der Waals surface area (Å²) in [4.78, 5) is 17.5. The third-order valence-corrected chi connectivity index (χ3v) is 17.1. The zero-order valence-electron chi connectivity index (χ0n) is 23.3. The van der Waals surface area contributed by atoms with Gasteiger partial charge in [-0.15, -0.1) is 0 Å². The van der Waals surface area contributed by atoms with Crippen molar-refractivity contribution in [2.24, 2.45) is 0 Å². The largest absolute Gasteiger partial charge is 0.414 e. The molecule has 4 heterocycles. The fourth-order valence-corrected chi connectivity index (χ4v) is 6.12. The molecular weight excluding hydrogens is 490 g/mol. The van der Waals surface area contributed by atoms with E-state index in [1.54, 1.807) is 17.3 Å². The molecule has 0 N–H and O–H groups in total. The number of imidazole rings is 1. The summed E-state index contributed by atoms with van der Waals surface area (Å²) in [5.74, 6) is 0.584. The lowest BCUT2D eigenvalue weighted by Crippen LogP contribution is -2.48. The van der Waals surface area contributed by atoms with Gasteiger partial charge in [0.05, 0.1) is 19.0 Å². The van der Waals surface area contributed by atoms with Crippen LogP contribution in [0.2, 0.25) is 36.3 Å². The summed E-state index contributed by atoms with van der Waals surface area (Å²) in [6.45, 7) is 23.2. The molecule has 0 bridgehead atoms. The number of hydrogen-bond acceptors (Lipinski definition) is 8. The van der Waals surface area contributed by atoms with Crippen molar-refractivity contribution in [3.63, 3.8) is 0 Å². The predicted octanol–water partition coefficient (Wildman–Crippen LogP) is 5.11. The van der Waals surface area contributed by atoms with Crippen LogP contribution in [-0.2, 0) is 13.6 Å². The Labute approximate surface area is 216 Å². The summed E-state index contributed by atoms with van der Waals surface area (Å²) < 4.78 is 23.7. The number of rotatable bonds is 7. The standard InChI is InChI=1S/C24H41N7O3Si2/c1-23(2,3)35(7,8)32-12-18-17(34-36(9,10)24(4,5)6)11-19(33-18)30-16-28-20-21(30)26-14-27-22(20)31-15-25-13-29-31/h13-19H,11-12H2,1-10H3/t17-,18+,19+/m0/s1. The third-order valence-electron chi connectivity index (χ3n) is 8.13. The van der Waals surface area contributed by atoms with E-state index in [4.69, 9.17) is 13.6 Å². The van der Waals surface area contributed by atoms with Gasteiger partial charge in [-0.25, -0.2) is 24.6 Å². The van der Waals surface area contributed by atoms with Crippen LogP contribution in [0.1, 0.15) is 54.2 Å². The molecule has 0 saturated carbocycles. The minimum absolute atomic E-state index is 0.0743. The van der Waals surface area contributed by atoms with Gasteiger partial charge in [0.15, 0.2) is 33.6 Å². The van der Waals surface area contributed by atoms with Gasteiger partial charge in [0.25, 0.3) is 0 Å². The van der Waals surface area contributed by atoms with Crippen LogP contribution in [0.5, 0.6) is 0 Å². The Morgan fingerprint density at radius 2 is 1.64 bits per heavy atom. The maximum absolute atomic E-state index is 6.91. The van der Waals surface area contributed by atoms with E-state index in [1.807, 2.05) is 4.57 Å². The molecule has 1 fully saturated rings. The van der Waals surface area contributed by atoms with Crippen LogP contribution in [0.25, 0.3) is 17.0 Å². The SMILES string of the molecule is CC(C)(C)[Si](C)(C)OC[C@H]1O[C@@H](n2cnc3c(-n4cncn4)ncnc32)C[C@@H]1O[Si](C)(C)C(C)(C)C. The Morgan fingerprint density at radius 3 is 2.25 bits per heavy atom. The summed E-state index contributed by atoms with van der Waals surface area (Å²) in [5.41, 5.74) is 1.34. The highest BCUT2D eigenvalue weighted by Gasteiger charge is 2.46. The molecule has 12 heteroatoms. The maximum atomic E-state index is 6.91. The maximum Gasteiger partial charge on any atom is 0.192 e. The summed E-state index contributed by atoms with van der Waals surface area (Å²) in [7, 11) is -3.98. The highest BCUT2D eigenvalue weighted by atomic mass is 28.4. The molecule has 0 spiro atoms. The first-order valence-corrected chi connectivity index (χ1v) is 18.4. The lowest BCUT2D eigenvalue weighted by molar-refractivity contribution is -0.0383. The first-order chi connectivity index (χ1) is 16.6. The number of ether oxygens (including phenoxy) is 1. The molecule has 0 aromatic carbocycles. The summed E-state index contributed by atoms with van der Waals surface area (Å²) in [6.07, 6.45) is 6.55. The fraction of sp³-hybridized carbons (Fsp3) is 0.708. The Balaban J connectivity index is 1.63. The van der Waals surface area contributed by atoms with E-state index < -0.39 is 16.6 Å². The van der Waals surface area contributed by atoms with Gasteiger partial charge in [0, 0.05) is 6.42 Å². The summed E-state index contributed by atoms with van der Waals surface area (Å²) in [5, 5.41) is 4.42. The van der Waals surface area contributed by atoms with Crippen molar-refractivity contribution >= 4 is 27.8 Å². The Bertz CT molecular complexity index is 1180. The van der Waals surface area contributed by atoms with Crippen LogP contribution >= 0.6 is 0 Å². The second-order valence-corrected chi connectivity index (χ2v) is 22.3. The van der Waals surface area contributed by atoms with Gasteiger partial charge in [0.2, 0.25) is 0 Å². The molecule has 1 aliphatic heterocycles. The fourth-order valence-electron chi connectivity index (χ4n) is 3.74. The second-order valence-electron chi connectivity index (χ2n) is 12.7. The van der Waals surface area contributed by atoms with Crippen molar-refractivity contribution in [2.45, 2.75) is 103 Å². The Kier molecular flexibility index (Phi) is 7.05. The van der Waals surface area contributed by atoms with Crippen LogP contribution < -0.4 is 0 Å². The van der Waals surface area contributed by atoms with Gasteiger partial charge in [-0.2, -0.15) is 5.10 Å². The number of fused-ring (bicyclic) bond motifs is 1. The molecule has 0 amide bonds.